The first-order valence-corrected chi connectivity index (χ1v) is 20.7. The first-order chi connectivity index (χ1) is 18.8. The monoisotopic (exact) mass is 578 g/mol. The summed E-state index contributed by atoms with van der Waals surface area (Å²) in [5, 5.41) is 12.0. The molecule has 0 aliphatic carbocycles. The van der Waals surface area contributed by atoms with E-state index in [2.05, 4.69) is 134 Å². The summed E-state index contributed by atoms with van der Waals surface area (Å²) in [5.41, 5.74) is 5.46. The largest absolute Gasteiger partial charge is 0.407 e. The Hall–Kier alpha value is -1.77. The van der Waals surface area contributed by atoms with Crippen molar-refractivity contribution in [1.29, 1.82) is 0 Å². The lowest BCUT2D eigenvalue weighted by Gasteiger charge is -2.43. The average Bonchev–Trinajstić information content (AvgIpc) is 3.63. The zero-order chi connectivity index (χ0) is 29.6. The Bertz CT molecular complexity index is 1070. The molecule has 4 atom stereocenters. The lowest BCUT2D eigenvalue weighted by atomic mass is 9.92. The molecule has 1 aliphatic heterocycles. The number of aliphatic hydroxyl groups is 1. The van der Waals surface area contributed by atoms with Gasteiger partial charge in [-0.15, -0.1) is 0 Å². The highest BCUT2D eigenvalue weighted by Gasteiger charge is 2.50. The van der Waals surface area contributed by atoms with Crippen molar-refractivity contribution in [2.24, 2.45) is 11.8 Å². The molecule has 0 spiro atoms. The summed E-state index contributed by atoms with van der Waals surface area (Å²) in [6.45, 7) is 22.1. The van der Waals surface area contributed by atoms with Gasteiger partial charge in [-0.2, -0.15) is 0 Å². The third-order valence-corrected chi connectivity index (χ3v) is 14.5. The van der Waals surface area contributed by atoms with E-state index < -0.39 is 16.4 Å². The van der Waals surface area contributed by atoms with E-state index in [0.29, 0.717) is 11.8 Å². The molecule has 3 rings (SSSR count). The van der Waals surface area contributed by atoms with Gasteiger partial charge in [0.15, 0.2) is 0 Å². The molecule has 220 valence electrons. The van der Waals surface area contributed by atoms with Crippen LogP contribution in [0.3, 0.4) is 0 Å². The molecule has 1 aliphatic rings. The van der Waals surface area contributed by atoms with Crippen molar-refractivity contribution >= 4 is 26.8 Å². The number of rotatable bonds is 14. The third kappa shape index (κ3) is 8.86. The van der Waals surface area contributed by atoms with Crippen LogP contribution in [0.15, 0.2) is 83.6 Å². The molecule has 0 saturated carbocycles. The quantitative estimate of drug-likeness (QED) is 0.143. The molecule has 3 nitrogen and oxygen atoms in total. The van der Waals surface area contributed by atoms with E-state index in [1.54, 1.807) is 0 Å². The Morgan fingerprint density at radius 1 is 0.950 bits per heavy atom. The topological polar surface area (TPSA) is 42.0 Å². The van der Waals surface area contributed by atoms with Gasteiger partial charge in [0, 0.05) is 6.61 Å². The smallest absolute Gasteiger partial charge is 0.261 e. The summed E-state index contributed by atoms with van der Waals surface area (Å²) in [4.78, 5) is 0. The number of allylic oxidation sites excluding steroid dienone is 3. The summed E-state index contributed by atoms with van der Waals surface area (Å²) < 4.78 is 12.8. The van der Waals surface area contributed by atoms with Gasteiger partial charge in [-0.1, -0.05) is 138 Å². The summed E-state index contributed by atoms with van der Waals surface area (Å²) >= 11 is 0. The predicted molar refractivity (Wildman–Crippen MR) is 177 cm³/mol. The molecule has 0 bridgehead atoms. The van der Waals surface area contributed by atoms with Crippen molar-refractivity contribution in [3.63, 3.8) is 0 Å². The van der Waals surface area contributed by atoms with Gasteiger partial charge < -0.3 is 14.3 Å². The summed E-state index contributed by atoms with van der Waals surface area (Å²) in [6, 6.07) is 21.9. The highest BCUT2D eigenvalue weighted by molar-refractivity contribution is 6.99. The van der Waals surface area contributed by atoms with Gasteiger partial charge in [0.25, 0.3) is 8.32 Å². The first-order valence-electron chi connectivity index (χ1n) is 15.2. The molecular weight excluding hydrogens is 525 g/mol. The fourth-order valence-electron chi connectivity index (χ4n) is 5.96. The second kappa shape index (κ2) is 13.9. The van der Waals surface area contributed by atoms with E-state index in [-0.39, 0.29) is 23.9 Å². The molecule has 0 aromatic heterocycles. The average molecular weight is 579 g/mol. The molecular formula is C35H54O3Si2. The molecule has 0 radical (unpaired) electrons. The lowest BCUT2D eigenvalue weighted by Crippen LogP contribution is -2.66. The molecule has 1 saturated heterocycles. The van der Waals surface area contributed by atoms with E-state index in [0.717, 1.165) is 25.9 Å². The molecule has 1 heterocycles. The van der Waals surface area contributed by atoms with Crippen LogP contribution in [0.5, 0.6) is 0 Å². The van der Waals surface area contributed by atoms with Crippen molar-refractivity contribution < 1.29 is 14.3 Å². The number of aliphatic hydroxyl groups excluding tert-OH is 1. The maximum Gasteiger partial charge on any atom is 0.261 e. The van der Waals surface area contributed by atoms with Crippen molar-refractivity contribution in [1.82, 2.24) is 0 Å². The maximum atomic E-state index is 9.35. The summed E-state index contributed by atoms with van der Waals surface area (Å²) in [7, 11) is -3.89. The highest BCUT2D eigenvalue weighted by Crippen LogP contribution is 2.37. The van der Waals surface area contributed by atoms with E-state index in [1.165, 1.54) is 21.5 Å². The number of ether oxygens (including phenoxy) is 1. The fraction of sp³-hybridized carbons (Fsp3) is 0.543. The van der Waals surface area contributed by atoms with Crippen molar-refractivity contribution in [2.75, 3.05) is 13.2 Å². The zero-order valence-corrected chi connectivity index (χ0v) is 28.5. The Morgan fingerprint density at radius 2 is 1.50 bits per heavy atom. The first kappa shape index (κ1) is 32.7. The van der Waals surface area contributed by atoms with E-state index >= 15 is 0 Å². The van der Waals surface area contributed by atoms with Gasteiger partial charge >= 0.3 is 0 Å². The van der Waals surface area contributed by atoms with Crippen LogP contribution in [0.2, 0.25) is 24.7 Å². The minimum absolute atomic E-state index is 0.00643. The summed E-state index contributed by atoms with van der Waals surface area (Å²) in [5.74, 6) is 0.964. The van der Waals surface area contributed by atoms with E-state index in [4.69, 9.17) is 9.16 Å². The minimum Gasteiger partial charge on any atom is -0.407 e. The van der Waals surface area contributed by atoms with Crippen LogP contribution in [0.1, 0.15) is 60.8 Å². The van der Waals surface area contributed by atoms with Gasteiger partial charge in [0.2, 0.25) is 0 Å². The fourth-order valence-corrected chi connectivity index (χ4v) is 11.9. The standard InChI is InChI=1S/C35H54O3Si2/c1-27(23-33-34(25-36)38-33)22-30(26-39(7,8)9)24-29(3)28(2)20-21-37-40(35(4,5)6,31-16-12-10-13-17-31)32-18-14-11-15-19-32/h10-19,24,26-28,33-34,36H,20-23,25H2,1-9H3/b29-24+,30-26-/t27-,28+,33+,34+/m1/s1. The van der Waals surface area contributed by atoms with Crippen molar-refractivity contribution in [2.45, 2.75) is 97.7 Å². The van der Waals surface area contributed by atoms with Gasteiger partial charge in [-0.3, -0.25) is 0 Å². The van der Waals surface area contributed by atoms with Gasteiger partial charge in [0.05, 0.1) is 20.8 Å². The number of hydrogen-bond donors (Lipinski definition) is 1. The molecule has 40 heavy (non-hydrogen) atoms. The molecule has 2 aromatic carbocycles. The van der Waals surface area contributed by atoms with Crippen LogP contribution < -0.4 is 10.4 Å². The van der Waals surface area contributed by atoms with Crippen LogP contribution in [-0.4, -0.2) is 46.9 Å². The number of benzene rings is 2. The van der Waals surface area contributed by atoms with Crippen LogP contribution in [0.25, 0.3) is 0 Å². The van der Waals surface area contributed by atoms with Gasteiger partial charge in [0.1, 0.15) is 6.10 Å². The lowest BCUT2D eigenvalue weighted by molar-refractivity contribution is 0.241. The second-order valence-electron chi connectivity index (χ2n) is 14.1. The third-order valence-electron chi connectivity index (χ3n) is 8.18. The second-order valence-corrected chi connectivity index (χ2v) is 23.4. The Labute approximate surface area is 246 Å². The molecule has 0 unspecified atom stereocenters. The van der Waals surface area contributed by atoms with Gasteiger partial charge in [-0.25, -0.2) is 0 Å². The van der Waals surface area contributed by atoms with Crippen molar-refractivity contribution in [3.05, 3.63) is 83.6 Å². The molecule has 0 amide bonds. The molecule has 1 N–H and O–H groups in total. The van der Waals surface area contributed by atoms with Crippen LogP contribution in [0.4, 0.5) is 0 Å². The number of epoxide rings is 1. The number of hydrogen-bond acceptors (Lipinski definition) is 3. The maximum absolute atomic E-state index is 9.35. The Kier molecular flexibility index (Phi) is 11.4. The summed E-state index contributed by atoms with van der Waals surface area (Å²) in [6.07, 6.45) is 5.82. The Morgan fingerprint density at radius 3 is 1.95 bits per heavy atom. The molecule has 2 aromatic rings. The van der Waals surface area contributed by atoms with Crippen LogP contribution in [-0.2, 0) is 9.16 Å². The molecule has 1 fully saturated rings. The van der Waals surface area contributed by atoms with Crippen LogP contribution in [0, 0.1) is 11.8 Å². The normalized spacial score (nSPS) is 20.4. The van der Waals surface area contributed by atoms with Crippen LogP contribution >= 0.6 is 0 Å². The zero-order valence-electron chi connectivity index (χ0n) is 26.5. The molecule has 5 heteroatoms. The SMILES string of the molecule is C/C(=C\C(=C/[Si](C)(C)C)C[C@@H](C)C[C@@H]1O[C@H]1CO)[C@@H](C)CCO[Si](c1ccccc1)(c1ccccc1)C(C)(C)C. The van der Waals surface area contributed by atoms with E-state index in [1.807, 2.05) is 0 Å². The predicted octanol–water partition coefficient (Wildman–Crippen LogP) is 7.52. The minimum atomic E-state index is -2.51. The van der Waals surface area contributed by atoms with Crippen molar-refractivity contribution in [3.8, 4) is 0 Å². The Balaban J connectivity index is 1.76. The van der Waals surface area contributed by atoms with Gasteiger partial charge in [-0.05, 0) is 53.4 Å². The van der Waals surface area contributed by atoms with E-state index in [9.17, 15) is 5.11 Å². The highest BCUT2D eigenvalue weighted by atomic mass is 28.4.